The molecule has 0 aromatic heterocycles. The molecule has 1 nitrogen and oxygen atoms in total. The lowest BCUT2D eigenvalue weighted by atomic mass is 10.3. The minimum absolute atomic E-state index is 0.281. The number of benzene rings is 1. The van der Waals surface area contributed by atoms with Gasteiger partial charge in [0.2, 0.25) is 0 Å². The third-order valence-corrected chi connectivity index (χ3v) is 2.68. The molecule has 13 heavy (non-hydrogen) atoms. The van der Waals surface area contributed by atoms with Gasteiger partial charge in [-0.05, 0) is 47.2 Å². The summed E-state index contributed by atoms with van der Waals surface area (Å²) in [5.74, 6) is 0. The van der Waals surface area contributed by atoms with Crippen molar-refractivity contribution in [2.75, 3.05) is 18.5 Å². The molecule has 0 aliphatic carbocycles. The van der Waals surface area contributed by atoms with Crippen LogP contribution in [0.2, 0.25) is 5.02 Å². The van der Waals surface area contributed by atoms with Gasteiger partial charge in [-0.2, -0.15) is 0 Å². The Hall–Kier alpha value is -0.0300. The van der Waals surface area contributed by atoms with Gasteiger partial charge in [0.15, 0.2) is 0 Å². The molecule has 1 N–H and O–H groups in total. The monoisotopic (exact) mass is 313 g/mol. The Bertz CT molecular complexity index is 280. The van der Waals surface area contributed by atoms with E-state index in [0.29, 0.717) is 13.0 Å². The average Bonchev–Trinajstić information content (AvgIpc) is 2.09. The molecule has 0 heterocycles. The van der Waals surface area contributed by atoms with Crippen LogP contribution in [0.25, 0.3) is 0 Å². The van der Waals surface area contributed by atoms with Crippen molar-refractivity contribution in [1.29, 1.82) is 0 Å². The highest BCUT2D eigenvalue weighted by Crippen LogP contribution is 2.21. The molecule has 0 aliphatic rings. The van der Waals surface area contributed by atoms with E-state index in [-0.39, 0.29) is 6.67 Å². The molecule has 0 saturated heterocycles. The Balaban J connectivity index is 2.56. The van der Waals surface area contributed by atoms with Crippen LogP contribution in [0, 0.1) is 3.57 Å². The van der Waals surface area contributed by atoms with E-state index >= 15 is 0 Å². The predicted molar refractivity (Wildman–Crippen MR) is 63.3 cm³/mol. The van der Waals surface area contributed by atoms with Crippen LogP contribution in [-0.2, 0) is 0 Å². The summed E-state index contributed by atoms with van der Waals surface area (Å²) < 4.78 is 12.9. The highest BCUT2D eigenvalue weighted by Gasteiger charge is 1.98. The summed E-state index contributed by atoms with van der Waals surface area (Å²) in [6.07, 6.45) is 0.540. The summed E-state index contributed by atoms with van der Waals surface area (Å²) >= 11 is 7.98. The topological polar surface area (TPSA) is 12.0 Å². The van der Waals surface area contributed by atoms with Gasteiger partial charge in [-0.1, -0.05) is 11.6 Å². The van der Waals surface area contributed by atoms with Crippen molar-refractivity contribution in [3.63, 3.8) is 0 Å². The fourth-order valence-electron chi connectivity index (χ4n) is 0.923. The first-order valence-corrected chi connectivity index (χ1v) is 5.44. The van der Waals surface area contributed by atoms with Gasteiger partial charge >= 0.3 is 0 Å². The van der Waals surface area contributed by atoms with Crippen LogP contribution in [-0.4, -0.2) is 13.2 Å². The number of halogens is 3. The van der Waals surface area contributed by atoms with Crippen molar-refractivity contribution in [2.45, 2.75) is 6.42 Å². The number of rotatable bonds is 4. The molecule has 4 heteroatoms. The second kappa shape index (κ2) is 5.65. The van der Waals surface area contributed by atoms with E-state index in [1.54, 1.807) is 0 Å². The van der Waals surface area contributed by atoms with Gasteiger partial charge in [0.25, 0.3) is 0 Å². The highest BCUT2D eigenvalue weighted by atomic mass is 127. The van der Waals surface area contributed by atoms with Crippen molar-refractivity contribution < 1.29 is 4.39 Å². The first-order chi connectivity index (χ1) is 6.24. The minimum atomic E-state index is -0.281. The smallest absolute Gasteiger partial charge is 0.0911 e. The van der Waals surface area contributed by atoms with Crippen molar-refractivity contribution >= 4 is 39.9 Å². The zero-order valence-electron chi connectivity index (χ0n) is 6.99. The van der Waals surface area contributed by atoms with Crippen LogP contribution in [0.3, 0.4) is 0 Å². The molecule has 1 aromatic carbocycles. The van der Waals surface area contributed by atoms with E-state index in [0.717, 1.165) is 14.3 Å². The molecule has 0 fully saturated rings. The number of hydrogen-bond donors (Lipinski definition) is 1. The van der Waals surface area contributed by atoms with Crippen LogP contribution in [0.4, 0.5) is 10.1 Å². The van der Waals surface area contributed by atoms with E-state index in [2.05, 4.69) is 27.9 Å². The predicted octanol–water partition coefficient (Wildman–Crippen LogP) is 3.72. The van der Waals surface area contributed by atoms with E-state index in [4.69, 9.17) is 11.6 Å². The zero-order valence-corrected chi connectivity index (χ0v) is 9.90. The maximum Gasteiger partial charge on any atom is 0.0911 e. The van der Waals surface area contributed by atoms with Crippen molar-refractivity contribution in [3.05, 3.63) is 26.8 Å². The third kappa shape index (κ3) is 3.68. The number of alkyl halides is 1. The first kappa shape index (κ1) is 11.0. The van der Waals surface area contributed by atoms with Crippen LogP contribution in [0.5, 0.6) is 0 Å². The summed E-state index contributed by atoms with van der Waals surface area (Å²) in [5, 5.41) is 3.86. The summed E-state index contributed by atoms with van der Waals surface area (Å²) in [7, 11) is 0. The van der Waals surface area contributed by atoms with Gasteiger partial charge in [-0.15, -0.1) is 0 Å². The summed E-state index contributed by atoms with van der Waals surface area (Å²) in [4.78, 5) is 0. The van der Waals surface area contributed by atoms with Gasteiger partial charge in [0, 0.05) is 20.8 Å². The van der Waals surface area contributed by atoms with Crippen LogP contribution in [0.15, 0.2) is 18.2 Å². The van der Waals surface area contributed by atoms with Crippen LogP contribution in [0.1, 0.15) is 6.42 Å². The molecule has 0 bridgehead atoms. The Morgan fingerprint density at radius 2 is 2.23 bits per heavy atom. The SMILES string of the molecule is FCCCNc1ccc(Cl)cc1I. The lowest BCUT2D eigenvalue weighted by Crippen LogP contribution is -2.03. The molecule has 1 rings (SSSR count). The fraction of sp³-hybridized carbons (Fsp3) is 0.333. The van der Waals surface area contributed by atoms with E-state index in [1.165, 1.54) is 0 Å². The molecular weight excluding hydrogens is 303 g/mol. The molecule has 0 radical (unpaired) electrons. The molecule has 1 aromatic rings. The van der Waals surface area contributed by atoms with Gasteiger partial charge < -0.3 is 5.32 Å². The molecule has 0 spiro atoms. The Morgan fingerprint density at radius 3 is 2.85 bits per heavy atom. The van der Waals surface area contributed by atoms with Crippen molar-refractivity contribution in [2.24, 2.45) is 0 Å². The van der Waals surface area contributed by atoms with Gasteiger partial charge in [-0.25, -0.2) is 0 Å². The number of nitrogens with one attached hydrogen (secondary N) is 1. The fourth-order valence-corrected chi connectivity index (χ4v) is 1.98. The second-order valence-corrected chi connectivity index (χ2v) is 4.19. The number of hydrogen-bond acceptors (Lipinski definition) is 1. The van der Waals surface area contributed by atoms with Crippen molar-refractivity contribution in [3.8, 4) is 0 Å². The summed E-state index contributed by atoms with van der Waals surface area (Å²) in [5.41, 5.74) is 1.01. The van der Waals surface area contributed by atoms with Crippen molar-refractivity contribution in [1.82, 2.24) is 0 Å². The largest absolute Gasteiger partial charge is 0.384 e. The molecule has 0 unspecified atom stereocenters. The standard InChI is InChI=1S/C9H10ClFIN/c10-7-2-3-9(8(12)6-7)13-5-1-4-11/h2-3,6,13H,1,4-5H2. The molecule has 0 saturated carbocycles. The maximum atomic E-state index is 11.8. The van der Waals surface area contributed by atoms with E-state index < -0.39 is 0 Å². The summed E-state index contributed by atoms with van der Waals surface area (Å²) in [6, 6.07) is 5.60. The average molecular weight is 314 g/mol. The molecule has 0 aliphatic heterocycles. The molecular formula is C9H10ClFIN. The van der Waals surface area contributed by atoms with E-state index in [9.17, 15) is 4.39 Å². The summed E-state index contributed by atoms with van der Waals surface area (Å²) in [6.45, 7) is 0.380. The van der Waals surface area contributed by atoms with Gasteiger partial charge in [0.05, 0.1) is 6.67 Å². The van der Waals surface area contributed by atoms with Crippen LogP contribution < -0.4 is 5.32 Å². The Morgan fingerprint density at radius 1 is 1.46 bits per heavy atom. The first-order valence-electron chi connectivity index (χ1n) is 3.99. The molecule has 0 atom stereocenters. The highest BCUT2D eigenvalue weighted by molar-refractivity contribution is 14.1. The Kier molecular flexibility index (Phi) is 4.80. The normalized spacial score (nSPS) is 10.1. The van der Waals surface area contributed by atoms with Gasteiger partial charge in [-0.3, -0.25) is 4.39 Å². The second-order valence-electron chi connectivity index (χ2n) is 2.59. The zero-order chi connectivity index (χ0) is 9.68. The maximum absolute atomic E-state index is 11.8. The van der Waals surface area contributed by atoms with Gasteiger partial charge in [0.1, 0.15) is 0 Å². The molecule has 0 amide bonds. The van der Waals surface area contributed by atoms with E-state index in [1.807, 2.05) is 18.2 Å². The lowest BCUT2D eigenvalue weighted by Gasteiger charge is -2.07. The minimum Gasteiger partial charge on any atom is -0.384 e. The quantitative estimate of drug-likeness (QED) is 0.660. The number of anilines is 1. The third-order valence-electron chi connectivity index (χ3n) is 1.56. The Labute approximate surface area is 95.8 Å². The van der Waals surface area contributed by atoms with Crippen LogP contribution >= 0.6 is 34.2 Å². The lowest BCUT2D eigenvalue weighted by molar-refractivity contribution is 0.481. The molecule has 72 valence electrons.